The van der Waals surface area contributed by atoms with Crippen molar-refractivity contribution in [2.75, 3.05) is 13.2 Å². The number of hydrogen-bond acceptors (Lipinski definition) is 2. The first-order valence-corrected chi connectivity index (χ1v) is 17.7. The van der Waals surface area contributed by atoms with Gasteiger partial charge in [-0.1, -0.05) is 60.7 Å². The molecule has 2 atom stereocenters. The van der Waals surface area contributed by atoms with Gasteiger partial charge in [0, 0.05) is 0 Å². The summed E-state index contributed by atoms with van der Waals surface area (Å²) in [4.78, 5) is 0. The van der Waals surface area contributed by atoms with Crippen LogP contribution in [0.5, 0.6) is 0 Å². The molecule has 6 rings (SSSR count). The average Bonchev–Trinajstić information content (AvgIpc) is 3.10. The second kappa shape index (κ2) is 16.9. The quantitative estimate of drug-likeness (QED) is 0.177. The normalized spacial score (nSPS) is 22.8. The van der Waals surface area contributed by atoms with E-state index in [4.69, 9.17) is 9.47 Å². The molecule has 0 bridgehead atoms. The first kappa shape index (κ1) is 36.1. The molecule has 3 aliphatic rings. The third kappa shape index (κ3) is 9.47. The van der Waals surface area contributed by atoms with E-state index in [0.717, 1.165) is 31.4 Å². The van der Waals surface area contributed by atoms with Gasteiger partial charge in [-0.2, -0.15) is 0 Å². The first-order valence-electron chi connectivity index (χ1n) is 17.7. The highest BCUT2D eigenvalue weighted by atomic mass is 19.2. The van der Waals surface area contributed by atoms with E-state index >= 15 is 0 Å². The van der Waals surface area contributed by atoms with Crippen molar-refractivity contribution in [1.29, 1.82) is 0 Å². The minimum absolute atomic E-state index is 0.290. The Morgan fingerprint density at radius 2 is 1.17 bits per heavy atom. The number of aryl methyl sites for hydroxylation is 5. The fourth-order valence-electron chi connectivity index (χ4n) is 6.94. The third-order valence-corrected chi connectivity index (χ3v) is 10.4. The molecule has 0 amide bonds. The number of hydrogen-bond donors (Lipinski definition) is 0. The Labute approximate surface area is 284 Å². The minimum Gasteiger partial charge on any atom is -0.374 e. The van der Waals surface area contributed by atoms with Crippen molar-refractivity contribution < 1.29 is 27.0 Å². The van der Waals surface area contributed by atoms with Crippen molar-refractivity contribution in [2.45, 2.75) is 104 Å². The molecule has 2 unspecified atom stereocenters. The molecular formula is C42H50F4O2. The zero-order valence-electron chi connectivity index (χ0n) is 28.9. The molecule has 3 aromatic rings. The van der Waals surface area contributed by atoms with E-state index in [0.29, 0.717) is 66.1 Å². The molecule has 1 aliphatic carbocycles. The van der Waals surface area contributed by atoms with E-state index in [1.165, 1.54) is 42.4 Å². The summed E-state index contributed by atoms with van der Waals surface area (Å²) in [5.41, 5.74) is 6.66. The van der Waals surface area contributed by atoms with Gasteiger partial charge >= 0.3 is 0 Å². The van der Waals surface area contributed by atoms with Crippen molar-refractivity contribution in [2.24, 2.45) is 11.8 Å². The Morgan fingerprint density at radius 3 is 1.71 bits per heavy atom. The van der Waals surface area contributed by atoms with Crippen LogP contribution in [-0.4, -0.2) is 25.4 Å². The first-order chi connectivity index (χ1) is 23.1. The third-order valence-electron chi connectivity index (χ3n) is 10.4. The molecule has 48 heavy (non-hydrogen) atoms. The zero-order valence-corrected chi connectivity index (χ0v) is 28.9. The molecule has 3 aromatic carbocycles. The standard InChI is InChI=1S/C21H28F2O.C21H22F2O/c2*1-14-3-8-18(21(23)20(14)22)12-7-16-5-10-17(11-6-16)19-9-4-15(2)24-13-19/h3,8-9,15-17H,4-7,10-13H2,1-2H3;3,5-6,8-11,15H,4,7,12-13H2,1-2H3. The van der Waals surface area contributed by atoms with E-state index < -0.39 is 23.3 Å². The van der Waals surface area contributed by atoms with Gasteiger partial charge in [-0.05, 0) is 148 Å². The SMILES string of the molecule is Cc1ccc(CCC2CCC(C3=CCC(C)OC3)CC2)c(F)c1F.Cc1ccc(CCc2ccc(C3=CCC(C)OC3)cc2)c(F)c1F. The maximum absolute atomic E-state index is 14.0. The molecule has 0 aromatic heterocycles. The number of rotatable bonds is 8. The molecule has 2 nitrogen and oxygen atoms in total. The lowest BCUT2D eigenvalue weighted by molar-refractivity contribution is 0.0670. The van der Waals surface area contributed by atoms with Crippen LogP contribution in [0.4, 0.5) is 17.6 Å². The van der Waals surface area contributed by atoms with Crippen LogP contribution in [0.2, 0.25) is 0 Å². The molecule has 0 N–H and O–H groups in total. The van der Waals surface area contributed by atoms with E-state index in [9.17, 15) is 17.6 Å². The fraction of sp³-hybridized carbons (Fsp3) is 0.476. The summed E-state index contributed by atoms with van der Waals surface area (Å²) in [7, 11) is 0. The lowest BCUT2D eigenvalue weighted by Gasteiger charge is -2.32. The van der Waals surface area contributed by atoms with Crippen LogP contribution in [0.3, 0.4) is 0 Å². The molecule has 258 valence electrons. The van der Waals surface area contributed by atoms with Gasteiger partial charge in [-0.3, -0.25) is 0 Å². The molecule has 0 spiro atoms. The van der Waals surface area contributed by atoms with E-state index in [1.54, 1.807) is 38.1 Å². The van der Waals surface area contributed by atoms with Crippen molar-refractivity contribution >= 4 is 5.57 Å². The van der Waals surface area contributed by atoms with Gasteiger partial charge < -0.3 is 9.47 Å². The molecule has 6 heteroatoms. The second-order valence-electron chi connectivity index (χ2n) is 14.0. The summed E-state index contributed by atoms with van der Waals surface area (Å²) in [5.74, 6) is -1.49. The average molecular weight is 663 g/mol. The van der Waals surface area contributed by atoms with Crippen molar-refractivity contribution in [3.8, 4) is 0 Å². The van der Waals surface area contributed by atoms with Gasteiger partial charge in [-0.15, -0.1) is 0 Å². The van der Waals surface area contributed by atoms with Crippen molar-refractivity contribution in [3.63, 3.8) is 0 Å². The Kier molecular flexibility index (Phi) is 12.7. The van der Waals surface area contributed by atoms with E-state index in [-0.39, 0.29) is 6.10 Å². The number of benzene rings is 3. The molecule has 2 aliphatic heterocycles. The van der Waals surface area contributed by atoms with Crippen LogP contribution in [0.15, 0.2) is 66.3 Å². The van der Waals surface area contributed by atoms with Crippen LogP contribution < -0.4 is 0 Å². The largest absolute Gasteiger partial charge is 0.374 e. The van der Waals surface area contributed by atoms with Gasteiger partial charge in [0.15, 0.2) is 23.3 Å². The highest BCUT2D eigenvalue weighted by molar-refractivity contribution is 5.67. The zero-order chi connectivity index (χ0) is 34.2. The molecule has 1 saturated carbocycles. The summed E-state index contributed by atoms with van der Waals surface area (Å²) in [6, 6.07) is 15.0. The highest BCUT2D eigenvalue weighted by Crippen LogP contribution is 2.37. The summed E-state index contributed by atoms with van der Waals surface area (Å²) in [5, 5.41) is 0. The van der Waals surface area contributed by atoms with Crippen molar-refractivity contribution in [1.82, 2.24) is 0 Å². The van der Waals surface area contributed by atoms with Crippen LogP contribution in [0, 0.1) is 49.0 Å². The summed E-state index contributed by atoms with van der Waals surface area (Å²) in [6.45, 7) is 8.82. The number of ether oxygens (including phenoxy) is 2. The minimum atomic E-state index is -0.735. The maximum atomic E-state index is 14.0. The summed E-state index contributed by atoms with van der Waals surface area (Å²) >= 11 is 0. The predicted octanol–water partition coefficient (Wildman–Crippen LogP) is 11.0. The van der Waals surface area contributed by atoms with Gasteiger partial charge in [0.1, 0.15) is 0 Å². The topological polar surface area (TPSA) is 18.5 Å². The van der Waals surface area contributed by atoms with Gasteiger partial charge in [-0.25, -0.2) is 17.6 Å². The van der Waals surface area contributed by atoms with Crippen molar-refractivity contribution in [3.05, 3.63) is 123 Å². The highest BCUT2D eigenvalue weighted by Gasteiger charge is 2.26. The van der Waals surface area contributed by atoms with E-state index in [2.05, 4.69) is 50.3 Å². The lowest BCUT2D eigenvalue weighted by Crippen LogP contribution is -2.23. The molecule has 0 radical (unpaired) electrons. The fourth-order valence-corrected chi connectivity index (χ4v) is 6.94. The maximum Gasteiger partial charge on any atom is 0.162 e. The monoisotopic (exact) mass is 662 g/mol. The molecular weight excluding hydrogens is 612 g/mol. The second-order valence-corrected chi connectivity index (χ2v) is 14.0. The Hall–Kier alpha value is -3.22. The molecule has 1 fully saturated rings. The van der Waals surface area contributed by atoms with Gasteiger partial charge in [0.25, 0.3) is 0 Å². The molecule has 2 heterocycles. The molecule has 0 saturated heterocycles. The Balaban J connectivity index is 0.000000188. The Morgan fingerprint density at radius 1 is 0.604 bits per heavy atom. The van der Waals surface area contributed by atoms with Gasteiger partial charge in [0.2, 0.25) is 0 Å². The lowest BCUT2D eigenvalue weighted by atomic mass is 9.76. The summed E-state index contributed by atoms with van der Waals surface area (Å²) in [6.07, 6.45) is 14.8. The smallest absolute Gasteiger partial charge is 0.162 e. The Bertz CT molecular complexity index is 1580. The van der Waals surface area contributed by atoms with Crippen LogP contribution in [0.25, 0.3) is 5.57 Å². The van der Waals surface area contributed by atoms with Crippen LogP contribution in [0.1, 0.15) is 92.2 Å². The van der Waals surface area contributed by atoms with Crippen LogP contribution in [-0.2, 0) is 28.7 Å². The predicted molar refractivity (Wildman–Crippen MR) is 186 cm³/mol. The number of halogens is 4. The van der Waals surface area contributed by atoms with Crippen LogP contribution >= 0.6 is 0 Å². The summed E-state index contributed by atoms with van der Waals surface area (Å²) < 4.78 is 66.6. The van der Waals surface area contributed by atoms with E-state index in [1.807, 2.05) is 0 Å². The van der Waals surface area contributed by atoms with Gasteiger partial charge in [0.05, 0.1) is 25.4 Å².